The second kappa shape index (κ2) is 5.95. The zero-order valence-corrected chi connectivity index (χ0v) is 10.8. The molecule has 1 N–H and O–H groups in total. The minimum Gasteiger partial charge on any atom is -0.352 e. The summed E-state index contributed by atoms with van der Waals surface area (Å²) in [7, 11) is 1.85. The lowest BCUT2D eigenvalue weighted by molar-refractivity contribution is -0.116. The highest BCUT2D eigenvalue weighted by Crippen LogP contribution is 2.14. The molecule has 0 aliphatic carbocycles. The molecule has 5 nitrogen and oxygen atoms in total. The van der Waals surface area contributed by atoms with Gasteiger partial charge < -0.3 is 5.32 Å². The first kappa shape index (κ1) is 13.0. The Morgan fingerprint density at radius 1 is 1.42 bits per heavy atom. The average Bonchev–Trinajstić information content (AvgIpc) is 2.81. The predicted molar refractivity (Wildman–Crippen MR) is 73.3 cm³/mol. The van der Waals surface area contributed by atoms with Crippen molar-refractivity contribution in [3.63, 3.8) is 0 Å². The van der Waals surface area contributed by atoms with Gasteiger partial charge in [-0.25, -0.2) is 4.98 Å². The van der Waals surface area contributed by atoms with Crippen LogP contribution in [-0.4, -0.2) is 27.2 Å². The fourth-order valence-electron chi connectivity index (χ4n) is 1.71. The van der Waals surface area contributed by atoms with Crippen LogP contribution in [-0.2, 0) is 18.3 Å². The third kappa shape index (κ3) is 3.28. The van der Waals surface area contributed by atoms with E-state index in [0.717, 1.165) is 11.4 Å². The van der Waals surface area contributed by atoms with Gasteiger partial charge in [-0.2, -0.15) is 5.10 Å². The van der Waals surface area contributed by atoms with Gasteiger partial charge in [0.05, 0.1) is 0 Å². The molecule has 5 heteroatoms. The van der Waals surface area contributed by atoms with Crippen LogP contribution >= 0.6 is 0 Å². The lowest BCUT2D eigenvalue weighted by atomic mass is 10.2. The smallest absolute Gasteiger partial charge is 0.243 e. The first-order valence-corrected chi connectivity index (χ1v) is 6.06. The van der Waals surface area contributed by atoms with Crippen molar-refractivity contribution in [2.24, 2.45) is 7.05 Å². The normalized spacial score (nSPS) is 10.2. The third-order valence-electron chi connectivity index (χ3n) is 2.72. The predicted octanol–water partition coefficient (Wildman–Crippen LogP) is 1.33. The van der Waals surface area contributed by atoms with Crippen molar-refractivity contribution in [2.75, 3.05) is 6.54 Å². The molecule has 1 amide bonds. The summed E-state index contributed by atoms with van der Waals surface area (Å²) in [4.78, 5) is 15.5. The monoisotopic (exact) mass is 256 g/mol. The van der Waals surface area contributed by atoms with Gasteiger partial charge in [-0.3, -0.25) is 9.48 Å². The van der Waals surface area contributed by atoms with Crippen LogP contribution in [0.15, 0.2) is 43.0 Å². The van der Waals surface area contributed by atoms with E-state index in [4.69, 9.17) is 0 Å². The van der Waals surface area contributed by atoms with Crippen molar-refractivity contribution in [1.29, 1.82) is 0 Å². The Labute approximate surface area is 112 Å². The molecule has 0 atom stereocenters. The van der Waals surface area contributed by atoms with Gasteiger partial charge in [0.2, 0.25) is 5.91 Å². The highest BCUT2D eigenvalue weighted by molar-refractivity contribution is 5.86. The second-order valence-electron chi connectivity index (χ2n) is 4.09. The van der Waals surface area contributed by atoms with Gasteiger partial charge in [0.25, 0.3) is 0 Å². The number of nitrogens with zero attached hydrogens (tertiary/aromatic N) is 3. The Morgan fingerprint density at radius 2 is 2.16 bits per heavy atom. The zero-order chi connectivity index (χ0) is 13.7. The summed E-state index contributed by atoms with van der Waals surface area (Å²) in [6.45, 7) is 3.92. The third-order valence-corrected chi connectivity index (χ3v) is 2.72. The van der Waals surface area contributed by atoms with Crippen molar-refractivity contribution in [2.45, 2.75) is 6.42 Å². The molecule has 1 aromatic heterocycles. The van der Waals surface area contributed by atoms with E-state index in [1.807, 2.05) is 37.4 Å². The van der Waals surface area contributed by atoms with Gasteiger partial charge >= 0.3 is 0 Å². The Balaban J connectivity index is 2.05. The Hall–Kier alpha value is -2.43. The number of aryl methyl sites for hydroxylation is 1. The summed E-state index contributed by atoms with van der Waals surface area (Å²) in [6.07, 6.45) is 1.89. The van der Waals surface area contributed by atoms with Crippen molar-refractivity contribution < 1.29 is 4.79 Å². The topological polar surface area (TPSA) is 59.8 Å². The van der Waals surface area contributed by atoms with E-state index in [1.54, 1.807) is 4.68 Å². The van der Waals surface area contributed by atoms with Gasteiger partial charge in [-0.15, -0.1) is 0 Å². The highest BCUT2D eigenvalue weighted by Gasteiger charge is 2.08. The lowest BCUT2D eigenvalue weighted by Crippen LogP contribution is -2.24. The molecule has 1 heterocycles. The molecule has 19 heavy (non-hydrogen) atoms. The maximum atomic E-state index is 11.0. The molecule has 1 aromatic carbocycles. The van der Waals surface area contributed by atoms with Gasteiger partial charge in [0.15, 0.2) is 5.82 Å². The number of amides is 1. The molecule has 0 radical (unpaired) electrons. The van der Waals surface area contributed by atoms with Crippen LogP contribution in [0.3, 0.4) is 0 Å². The molecule has 2 rings (SSSR count). The van der Waals surface area contributed by atoms with Crippen LogP contribution < -0.4 is 5.32 Å². The Bertz CT molecular complexity index is 574. The first-order valence-electron chi connectivity index (χ1n) is 6.06. The summed E-state index contributed by atoms with van der Waals surface area (Å²) in [5.41, 5.74) is 0.986. The maximum Gasteiger partial charge on any atom is 0.243 e. The van der Waals surface area contributed by atoms with E-state index < -0.39 is 0 Å². The Morgan fingerprint density at radius 3 is 2.84 bits per heavy atom. The van der Waals surface area contributed by atoms with Gasteiger partial charge in [0.1, 0.15) is 5.82 Å². The fraction of sp³-hybridized carbons (Fsp3) is 0.214. The lowest BCUT2D eigenvalue weighted by Gasteiger charge is -2.00. The quantitative estimate of drug-likeness (QED) is 0.821. The molecule has 0 bridgehead atoms. The molecule has 0 aliphatic rings. The second-order valence-corrected chi connectivity index (χ2v) is 4.09. The summed E-state index contributed by atoms with van der Waals surface area (Å²) >= 11 is 0. The standard InChI is InChI=1S/C14H16N4O/c1-3-13(19)15-10-9-12-16-14(17-18(12)2)11-7-5-4-6-8-11/h3-8H,1,9-10H2,2H3,(H,15,19). The number of carbonyl (C=O) groups excluding carboxylic acids is 1. The fourth-order valence-corrected chi connectivity index (χ4v) is 1.71. The zero-order valence-electron chi connectivity index (χ0n) is 10.8. The molecular formula is C14H16N4O. The summed E-state index contributed by atoms with van der Waals surface area (Å²) in [6, 6.07) is 9.81. The number of hydrogen-bond donors (Lipinski definition) is 1. The molecule has 0 aliphatic heterocycles. The van der Waals surface area contributed by atoms with Crippen LogP contribution in [0, 0.1) is 0 Å². The van der Waals surface area contributed by atoms with Gasteiger partial charge in [-0.05, 0) is 6.08 Å². The van der Waals surface area contributed by atoms with E-state index in [0.29, 0.717) is 18.8 Å². The van der Waals surface area contributed by atoms with Gasteiger partial charge in [0, 0.05) is 25.6 Å². The summed E-state index contributed by atoms with van der Waals surface area (Å²) in [5, 5.41) is 7.09. The number of nitrogens with one attached hydrogen (secondary N) is 1. The maximum absolute atomic E-state index is 11.0. The van der Waals surface area contributed by atoms with E-state index in [1.165, 1.54) is 6.08 Å². The summed E-state index contributed by atoms with van der Waals surface area (Å²) in [5.74, 6) is 1.36. The SMILES string of the molecule is C=CC(=O)NCCc1nc(-c2ccccc2)nn1C. The van der Waals surface area contributed by atoms with Crippen LogP contribution in [0.5, 0.6) is 0 Å². The average molecular weight is 256 g/mol. The molecule has 2 aromatic rings. The number of rotatable bonds is 5. The van der Waals surface area contributed by atoms with Crippen molar-refractivity contribution in [3.8, 4) is 11.4 Å². The van der Waals surface area contributed by atoms with Crippen LogP contribution in [0.4, 0.5) is 0 Å². The largest absolute Gasteiger partial charge is 0.352 e. The number of benzene rings is 1. The van der Waals surface area contributed by atoms with Crippen molar-refractivity contribution in [1.82, 2.24) is 20.1 Å². The van der Waals surface area contributed by atoms with Crippen LogP contribution in [0.2, 0.25) is 0 Å². The molecular weight excluding hydrogens is 240 g/mol. The van der Waals surface area contributed by atoms with Crippen molar-refractivity contribution in [3.05, 3.63) is 48.8 Å². The molecule has 0 spiro atoms. The number of carbonyl (C=O) groups is 1. The number of aromatic nitrogens is 3. The van der Waals surface area contributed by atoms with E-state index in [9.17, 15) is 4.79 Å². The molecule has 98 valence electrons. The minimum atomic E-state index is -0.176. The van der Waals surface area contributed by atoms with Crippen molar-refractivity contribution >= 4 is 5.91 Å². The molecule has 0 fully saturated rings. The number of hydrogen-bond acceptors (Lipinski definition) is 3. The molecule has 0 unspecified atom stereocenters. The van der Waals surface area contributed by atoms with E-state index in [-0.39, 0.29) is 5.91 Å². The van der Waals surface area contributed by atoms with Crippen LogP contribution in [0.25, 0.3) is 11.4 Å². The van der Waals surface area contributed by atoms with E-state index >= 15 is 0 Å². The molecule has 0 saturated carbocycles. The minimum absolute atomic E-state index is 0.176. The highest BCUT2D eigenvalue weighted by atomic mass is 16.1. The van der Waals surface area contributed by atoms with E-state index in [2.05, 4.69) is 22.0 Å². The first-order chi connectivity index (χ1) is 9.20. The Kier molecular flexibility index (Phi) is 4.07. The molecule has 0 saturated heterocycles. The van der Waals surface area contributed by atoms with Gasteiger partial charge in [-0.1, -0.05) is 36.9 Å². The van der Waals surface area contributed by atoms with Crippen LogP contribution in [0.1, 0.15) is 5.82 Å². The summed E-state index contributed by atoms with van der Waals surface area (Å²) < 4.78 is 1.74.